The number of aliphatic carboxylic acids is 1. The third kappa shape index (κ3) is 7.56. The quantitative estimate of drug-likeness (QED) is 0.255. The molecule has 1 aliphatic carbocycles. The number of phenolic OH excluding ortho intramolecular Hbond substituents is 2. The van der Waals surface area contributed by atoms with Crippen LogP contribution in [0.1, 0.15) is 103 Å². The van der Waals surface area contributed by atoms with E-state index in [4.69, 9.17) is 0 Å². The van der Waals surface area contributed by atoms with Crippen molar-refractivity contribution in [2.75, 3.05) is 0 Å². The summed E-state index contributed by atoms with van der Waals surface area (Å²) in [5.41, 5.74) is 1.98. The summed E-state index contributed by atoms with van der Waals surface area (Å²) >= 11 is 0. The Morgan fingerprint density at radius 2 is 1.55 bits per heavy atom. The third-order valence-corrected chi connectivity index (χ3v) is 6.37. The number of hydrogen-bond acceptors (Lipinski definition) is 3. The molecule has 2 rings (SSSR count). The highest BCUT2D eigenvalue weighted by Gasteiger charge is 2.49. The van der Waals surface area contributed by atoms with E-state index in [1.54, 1.807) is 6.07 Å². The zero-order chi connectivity index (χ0) is 21.5. The lowest BCUT2D eigenvalue weighted by Crippen LogP contribution is -2.14. The van der Waals surface area contributed by atoms with Crippen molar-refractivity contribution >= 4 is 5.97 Å². The topological polar surface area (TPSA) is 77.8 Å². The number of hydrogen-bond donors (Lipinski definition) is 3. The van der Waals surface area contributed by atoms with Gasteiger partial charge in [0.1, 0.15) is 0 Å². The summed E-state index contributed by atoms with van der Waals surface area (Å²) in [7, 11) is 0. The van der Waals surface area contributed by atoms with Crippen LogP contribution in [0.15, 0.2) is 12.1 Å². The molecule has 1 fully saturated rings. The molecule has 164 valence electrons. The van der Waals surface area contributed by atoms with Gasteiger partial charge in [-0.1, -0.05) is 58.9 Å². The average Bonchev–Trinajstić information content (AvgIpc) is 3.42. The number of phenols is 2. The molecule has 0 bridgehead atoms. The van der Waals surface area contributed by atoms with Crippen LogP contribution in [-0.2, 0) is 17.6 Å². The van der Waals surface area contributed by atoms with Crippen molar-refractivity contribution in [2.45, 2.75) is 104 Å². The number of aromatic hydroxyl groups is 2. The highest BCUT2D eigenvalue weighted by molar-refractivity contribution is 5.77. The standard InChI is InChI=1S/C25H40O4/c1-24(2,3)15-9-5-4-8-12-20-19(13-14-21(26)22(20)27)11-7-6-10-16-25(17-18-25)23(28)29/h13-14,26-27H,4-12,15-18H2,1-3H3,(H,28,29). The summed E-state index contributed by atoms with van der Waals surface area (Å²) in [6.07, 6.45) is 12.9. The molecule has 1 aromatic rings. The molecular weight excluding hydrogens is 364 g/mol. The second-order valence-electron chi connectivity index (χ2n) is 10.2. The molecule has 0 saturated heterocycles. The Morgan fingerprint density at radius 3 is 2.17 bits per heavy atom. The van der Waals surface area contributed by atoms with E-state index in [2.05, 4.69) is 20.8 Å². The lowest BCUT2D eigenvalue weighted by atomic mass is 9.89. The fourth-order valence-electron chi connectivity index (χ4n) is 4.17. The fraction of sp³-hybridized carbons (Fsp3) is 0.720. The maximum Gasteiger partial charge on any atom is 0.309 e. The summed E-state index contributed by atoms with van der Waals surface area (Å²) in [6.45, 7) is 6.82. The Labute approximate surface area is 176 Å². The van der Waals surface area contributed by atoms with Crippen LogP contribution in [0.3, 0.4) is 0 Å². The Balaban J connectivity index is 1.76. The molecule has 0 aromatic heterocycles. The third-order valence-electron chi connectivity index (χ3n) is 6.37. The molecule has 0 unspecified atom stereocenters. The highest BCUT2D eigenvalue weighted by atomic mass is 16.4. The summed E-state index contributed by atoms with van der Waals surface area (Å²) < 4.78 is 0. The lowest BCUT2D eigenvalue weighted by molar-refractivity contribution is -0.143. The minimum atomic E-state index is -0.634. The highest BCUT2D eigenvalue weighted by Crippen LogP contribution is 2.50. The first-order valence-electron chi connectivity index (χ1n) is 11.4. The van der Waals surface area contributed by atoms with Crippen molar-refractivity contribution in [3.8, 4) is 11.5 Å². The fourth-order valence-corrected chi connectivity index (χ4v) is 4.17. The van der Waals surface area contributed by atoms with Crippen LogP contribution in [-0.4, -0.2) is 21.3 Å². The van der Waals surface area contributed by atoms with Gasteiger partial charge in [0.2, 0.25) is 0 Å². The maximum absolute atomic E-state index is 11.2. The van der Waals surface area contributed by atoms with E-state index >= 15 is 0 Å². The Kier molecular flexibility index (Phi) is 8.42. The average molecular weight is 405 g/mol. The molecule has 0 heterocycles. The molecule has 4 heteroatoms. The van der Waals surface area contributed by atoms with Gasteiger partial charge >= 0.3 is 5.97 Å². The van der Waals surface area contributed by atoms with E-state index in [-0.39, 0.29) is 11.5 Å². The van der Waals surface area contributed by atoms with Crippen LogP contribution in [0, 0.1) is 10.8 Å². The van der Waals surface area contributed by atoms with E-state index in [1.165, 1.54) is 19.3 Å². The van der Waals surface area contributed by atoms with Gasteiger partial charge < -0.3 is 15.3 Å². The van der Waals surface area contributed by atoms with Crippen LogP contribution in [0.2, 0.25) is 0 Å². The number of rotatable bonds is 13. The molecular formula is C25H40O4. The molecule has 0 amide bonds. The predicted molar refractivity (Wildman–Crippen MR) is 117 cm³/mol. The second-order valence-corrected chi connectivity index (χ2v) is 10.2. The number of benzene rings is 1. The zero-order valence-corrected chi connectivity index (χ0v) is 18.6. The van der Waals surface area contributed by atoms with Crippen molar-refractivity contribution in [3.05, 3.63) is 23.3 Å². The van der Waals surface area contributed by atoms with Gasteiger partial charge in [0.15, 0.2) is 11.5 Å². The minimum absolute atomic E-state index is 0.0337. The van der Waals surface area contributed by atoms with E-state index in [0.29, 0.717) is 5.41 Å². The molecule has 29 heavy (non-hydrogen) atoms. The Bertz CT molecular complexity index is 668. The zero-order valence-electron chi connectivity index (χ0n) is 18.6. The van der Waals surface area contributed by atoms with E-state index in [9.17, 15) is 20.1 Å². The van der Waals surface area contributed by atoms with Crippen molar-refractivity contribution in [1.29, 1.82) is 0 Å². The summed E-state index contributed by atoms with van der Waals surface area (Å²) in [5, 5.41) is 29.5. The largest absolute Gasteiger partial charge is 0.504 e. The van der Waals surface area contributed by atoms with Gasteiger partial charge in [0, 0.05) is 5.56 Å². The lowest BCUT2D eigenvalue weighted by Gasteiger charge is -2.17. The van der Waals surface area contributed by atoms with Gasteiger partial charge in [-0.25, -0.2) is 0 Å². The van der Waals surface area contributed by atoms with Gasteiger partial charge in [0.05, 0.1) is 5.41 Å². The normalized spacial score (nSPS) is 15.4. The summed E-state index contributed by atoms with van der Waals surface area (Å²) in [6, 6.07) is 3.52. The maximum atomic E-state index is 11.2. The monoisotopic (exact) mass is 404 g/mol. The van der Waals surface area contributed by atoms with Crippen LogP contribution in [0.4, 0.5) is 0 Å². The van der Waals surface area contributed by atoms with Crippen molar-refractivity contribution in [1.82, 2.24) is 0 Å². The van der Waals surface area contributed by atoms with Gasteiger partial charge in [-0.2, -0.15) is 0 Å². The Morgan fingerprint density at radius 1 is 0.931 bits per heavy atom. The van der Waals surface area contributed by atoms with Gasteiger partial charge in [-0.3, -0.25) is 4.79 Å². The molecule has 1 saturated carbocycles. The van der Waals surface area contributed by atoms with Crippen LogP contribution in [0.25, 0.3) is 0 Å². The van der Waals surface area contributed by atoms with Crippen molar-refractivity contribution in [3.63, 3.8) is 0 Å². The second kappa shape index (κ2) is 10.4. The van der Waals surface area contributed by atoms with E-state index in [0.717, 1.165) is 75.3 Å². The van der Waals surface area contributed by atoms with Crippen LogP contribution in [0.5, 0.6) is 11.5 Å². The molecule has 4 nitrogen and oxygen atoms in total. The van der Waals surface area contributed by atoms with E-state index in [1.807, 2.05) is 6.07 Å². The van der Waals surface area contributed by atoms with Gasteiger partial charge in [-0.15, -0.1) is 0 Å². The number of carboxylic acid groups (broad SMARTS) is 1. The SMILES string of the molecule is CC(C)(C)CCCCCCc1c(CCCCCC2(C(=O)O)CC2)ccc(O)c1O. The molecule has 3 N–H and O–H groups in total. The van der Waals surface area contributed by atoms with Gasteiger partial charge in [-0.05, 0) is 68.4 Å². The molecule has 0 radical (unpaired) electrons. The predicted octanol–water partition coefficient (Wildman–Crippen LogP) is 6.60. The number of aryl methyl sites for hydroxylation is 1. The van der Waals surface area contributed by atoms with Gasteiger partial charge in [0.25, 0.3) is 0 Å². The number of carboxylic acids is 1. The molecule has 1 aliphatic rings. The van der Waals surface area contributed by atoms with E-state index < -0.39 is 11.4 Å². The number of unbranched alkanes of at least 4 members (excludes halogenated alkanes) is 5. The number of carbonyl (C=O) groups is 1. The molecule has 0 spiro atoms. The molecule has 0 aliphatic heterocycles. The Hall–Kier alpha value is -1.71. The van der Waals surface area contributed by atoms with Crippen LogP contribution >= 0.6 is 0 Å². The smallest absolute Gasteiger partial charge is 0.309 e. The molecule has 0 atom stereocenters. The van der Waals surface area contributed by atoms with Crippen molar-refractivity contribution in [2.24, 2.45) is 10.8 Å². The van der Waals surface area contributed by atoms with Crippen molar-refractivity contribution < 1.29 is 20.1 Å². The summed E-state index contributed by atoms with van der Waals surface area (Å²) in [5.74, 6) is -0.626. The first-order chi connectivity index (χ1) is 13.6. The summed E-state index contributed by atoms with van der Waals surface area (Å²) in [4.78, 5) is 11.2. The first kappa shape index (κ1) is 23.6. The first-order valence-corrected chi connectivity index (χ1v) is 11.4. The molecule has 1 aromatic carbocycles. The minimum Gasteiger partial charge on any atom is -0.504 e. The van der Waals surface area contributed by atoms with Crippen LogP contribution < -0.4 is 0 Å².